The van der Waals surface area contributed by atoms with E-state index in [1.54, 1.807) is 11.3 Å². The van der Waals surface area contributed by atoms with Crippen molar-refractivity contribution in [3.05, 3.63) is 57.8 Å². The summed E-state index contributed by atoms with van der Waals surface area (Å²) in [6.45, 7) is 6.24. The summed E-state index contributed by atoms with van der Waals surface area (Å²) in [6.07, 6.45) is 1.67. The molecule has 1 nitrogen and oxygen atoms in total. The maximum atomic E-state index is 13.0. The van der Waals surface area contributed by atoms with Crippen LogP contribution < -0.4 is 0 Å². The quantitative estimate of drug-likeness (QED) is 0.700. The monoisotopic (exact) mass is 272 g/mol. The molecule has 19 heavy (non-hydrogen) atoms. The summed E-state index contributed by atoms with van der Waals surface area (Å²) in [6, 6.07) is 12.2. The van der Waals surface area contributed by atoms with E-state index in [2.05, 4.69) is 26.0 Å². The highest BCUT2D eigenvalue weighted by Gasteiger charge is 2.38. The fraction of sp³-hybridized carbons (Fsp3) is 0.353. The van der Waals surface area contributed by atoms with Gasteiger partial charge in [0.25, 0.3) is 0 Å². The van der Waals surface area contributed by atoms with Gasteiger partial charge in [-0.1, -0.05) is 44.2 Å². The van der Waals surface area contributed by atoms with Gasteiger partial charge in [0.1, 0.15) is 0 Å². The number of carbonyl (C=O) groups excluding carboxylic acids is 1. The van der Waals surface area contributed by atoms with E-state index in [1.807, 2.05) is 36.6 Å². The summed E-state index contributed by atoms with van der Waals surface area (Å²) in [5.41, 5.74) is 1.85. The molecule has 0 aliphatic rings. The zero-order valence-corrected chi connectivity index (χ0v) is 12.6. The van der Waals surface area contributed by atoms with Crippen LogP contribution in [0.1, 0.15) is 47.5 Å². The first-order chi connectivity index (χ1) is 9.15. The van der Waals surface area contributed by atoms with Gasteiger partial charge in [-0.3, -0.25) is 4.79 Å². The van der Waals surface area contributed by atoms with Crippen molar-refractivity contribution in [1.82, 2.24) is 0 Å². The number of thiophene rings is 1. The normalized spacial score (nSPS) is 11.5. The molecule has 0 saturated heterocycles. The molecule has 0 N–H and O–H groups in total. The third-order valence-corrected chi connectivity index (χ3v) is 5.05. The highest BCUT2D eigenvalue weighted by atomic mass is 32.1. The van der Waals surface area contributed by atoms with Crippen molar-refractivity contribution < 1.29 is 4.79 Å². The minimum absolute atomic E-state index is 0.274. The Morgan fingerprint density at radius 1 is 1.11 bits per heavy atom. The second-order valence-corrected chi connectivity index (χ2v) is 5.83. The number of hydrogen-bond donors (Lipinski definition) is 0. The van der Waals surface area contributed by atoms with Crippen LogP contribution in [-0.2, 0) is 5.41 Å². The number of benzene rings is 1. The number of aryl methyl sites for hydroxylation is 1. The van der Waals surface area contributed by atoms with Crippen LogP contribution in [0.15, 0.2) is 41.8 Å². The molecule has 2 aromatic rings. The van der Waals surface area contributed by atoms with Crippen LogP contribution >= 0.6 is 11.3 Å². The number of Topliss-reactive ketones (excluding diaryl/α,β-unsaturated/α-hetero) is 1. The van der Waals surface area contributed by atoms with E-state index in [9.17, 15) is 4.79 Å². The summed E-state index contributed by atoms with van der Waals surface area (Å²) < 4.78 is 0. The van der Waals surface area contributed by atoms with E-state index in [0.717, 1.165) is 28.8 Å². The van der Waals surface area contributed by atoms with Gasteiger partial charge in [-0.25, -0.2) is 0 Å². The van der Waals surface area contributed by atoms with Gasteiger partial charge in [0.2, 0.25) is 0 Å². The van der Waals surface area contributed by atoms with Gasteiger partial charge < -0.3 is 0 Å². The molecule has 1 heterocycles. The minimum Gasteiger partial charge on any atom is -0.292 e. The van der Waals surface area contributed by atoms with E-state index >= 15 is 0 Å². The van der Waals surface area contributed by atoms with Gasteiger partial charge in [0.15, 0.2) is 5.78 Å². The zero-order chi connectivity index (χ0) is 13.9. The lowest BCUT2D eigenvalue weighted by Crippen LogP contribution is -2.34. The van der Waals surface area contributed by atoms with Crippen LogP contribution in [0.25, 0.3) is 0 Å². The standard InChI is InChI=1S/C17H20OS/c1-4-17(5-2,14-9-7-6-8-10-14)16(18)15-13(3)11-12-19-15/h6-12H,4-5H2,1-3H3. The highest BCUT2D eigenvalue weighted by Crippen LogP contribution is 2.37. The topological polar surface area (TPSA) is 17.1 Å². The second-order valence-electron chi connectivity index (χ2n) is 4.92. The fourth-order valence-corrected chi connectivity index (χ4v) is 3.65. The van der Waals surface area contributed by atoms with Crippen LogP contribution in [0.5, 0.6) is 0 Å². The number of ketones is 1. The first-order valence-corrected chi connectivity index (χ1v) is 7.68. The van der Waals surface area contributed by atoms with Crippen molar-refractivity contribution in [3.63, 3.8) is 0 Å². The molecule has 2 rings (SSSR count). The lowest BCUT2D eigenvalue weighted by atomic mass is 9.72. The van der Waals surface area contributed by atoms with Crippen LogP contribution in [-0.4, -0.2) is 5.78 Å². The molecular weight excluding hydrogens is 252 g/mol. The smallest absolute Gasteiger partial charge is 0.183 e. The largest absolute Gasteiger partial charge is 0.292 e. The summed E-state index contributed by atoms with van der Waals surface area (Å²) in [7, 11) is 0. The van der Waals surface area contributed by atoms with E-state index in [-0.39, 0.29) is 11.2 Å². The highest BCUT2D eigenvalue weighted by molar-refractivity contribution is 7.12. The number of carbonyl (C=O) groups is 1. The predicted octanol–water partition coefficient (Wildman–Crippen LogP) is 5.00. The van der Waals surface area contributed by atoms with Crippen molar-refractivity contribution in [2.24, 2.45) is 0 Å². The molecule has 0 aliphatic heterocycles. The lowest BCUT2D eigenvalue weighted by Gasteiger charge is -2.30. The van der Waals surface area contributed by atoms with Crippen LogP contribution in [0.3, 0.4) is 0 Å². The van der Waals surface area contributed by atoms with Crippen molar-refractivity contribution in [3.8, 4) is 0 Å². The van der Waals surface area contributed by atoms with E-state index in [1.165, 1.54) is 0 Å². The molecule has 1 aromatic carbocycles. The van der Waals surface area contributed by atoms with E-state index < -0.39 is 0 Å². The Labute approximate surface area is 119 Å². The predicted molar refractivity (Wildman–Crippen MR) is 82.1 cm³/mol. The third-order valence-electron chi connectivity index (χ3n) is 4.04. The van der Waals surface area contributed by atoms with Crippen LogP contribution in [0.2, 0.25) is 0 Å². The van der Waals surface area contributed by atoms with Crippen molar-refractivity contribution in [1.29, 1.82) is 0 Å². The van der Waals surface area contributed by atoms with Crippen LogP contribution in [0, 0.1) is 6.92 Å². The molecule has 0 atom stereocenters. The molecule has 0 saturated carbocycles. The Kier molecular flexibility index (Phi) is 4.20. The molecule has 0 unspecified atom stereocenters. The average Bonchev–Trinajstić information content (AvgIpc) is 2.88. The third kappa shape index (κ3) is 2.37. The maximum absolute atomic E-state index is 13.0. The first-order valence-electron chi connectivity index (χ1n) is 6.80. The molecule has 0 bridgehead atoms. The molecule has 0 amide bonds. The molecule has 0 spiro atoms. The first kappa shape index (κ1) is 14.0. The van der Waals surface area contributed by atoms with Gasteiger partial charge in [0.05, 0.1) is 10.3 Å². The number of hydrogen-bond acceptors (Lipinski definition) is 2. The Morgan fingerprint density at radius 2 is 1.74 bits per heavy atom. The van der Waals surface area contributed by atoms with Gasteiger partial charge in [-0.05, 0) is 42.3 Å². The van der Waals surface area contributed by atoms with Gasteiger partial charge in [-0.15, -0.1) is 11.3 Å². The average molecular weight is 272 g/mol. The van der Waals surface area contributed by atoms with E-state index in [0.29, 0.717) is 0 Å². The van der Waals surface area contributed by atoms with Crippen molar-refractivity contribution in [2.45, 2.75) is 39.0 Å². The number of rotatable bonds is 5. The minimum atomic E-state index is -0.378. The Hall–Kier alpha value is -1.41. The molecular formula is C17H20OS. The summed E-state index contributed by atoms with van der Waals surface area (Å²) >= 11 is 1.56. The van der Waals surface area contributed by atoms with Crippen molar-refractivity contribution >= 4 is 17.1 Å². The summed E-state index contributed by atoms with van der Waals surface area (Å²) in [5.74, 6) is 0.274. The second kappa shape index (κ2) is 5.70. The molecule has 100 valence electrons. The Bertz CT molecular complexity index is 550. The van der Waals surface area contributed by atoms with Gasteiger partial charge in [0, 0.05) is 0 Å². The molecule has 2 heteroatoms. The van der Waals surface area contributed by atoms with Crippen molar-refractivity contribution in [2.75, 3.05) is 0 Å². The Balaban J connectivity index is 2.52. The van der Waals surface area contributed by atoms with Gasteiger partial charge >= 0.3 is 0 Å². The molecule has 0 radical (unpaired) electrons. The van der Waals surface area contributed by atoms with E-state index in [4.69, 9.17) is 0 Å². The lowest BCUT2D eigenvalue weighted by molar-refractivity contribution is 0.0876. The SMILES string of the molecule is CCC(CC)(C(=O)c1sccc1C)c1ccccc1. The molecule has 1 aromatic heterocycles. The summed E-state index contributed by atoms with van der Waals surface area (Å²) in [4.78, 5) is 13.9. The molecule has 0 aliphatic carbocycles. The fourth-order valence-electron chi connectivity index (χ4n) is 2.69. The molecule has 0 fully saturated rings. The van der Waals surface area contributed by atoms with Crippen LogP contribution in [0.4, 0.5) is 0 Å². The Morgan fingerprint density at radius 3 is 2.21 bits per heavy atom. The zero-order valence-electron chi connectivity index (χ0n) is 11.8. The van der Waals surface area contributed by atoms with Gasteiger partial charge in [-0.2, -0.15) is 0 Å². The summed E-state index contributed by atoms with van der Waals surface area (Å²) in [5, 5.41) is 2.00. The maximum Gasteiger partial charge on any atom is 0.183 e.